The number of aromatic nitrogens is 2. The van der Waals surface area contributed by atoms with Crippen LogP contribution in [-0.2, 0) is 11.3 Å². The van der Waals surface area contributed by atoms with Gasteiger partial charge in [-0.3, -0.25) is 4.79 Å². The number of fused-ring (bicyclic) bond motifs is 1. The number of carboxylic acid groups (broad SMARTS) is 1. The van der Waals surface area contributed by atoms with Gasteiger partial charge in [-0.25, -0.2) is 4.98 Å². The van der Waals surface area contributed by atoms with E-state index in [1.54, 1.807) is 0 Å². The third-order valence-electron chi connectivity index (χ3n) is 3.29. The molecule has 0 saturated carbocycles. The second-order valence-electron chi connectivity index (χ2n) is 5.49. The molecule has 0 aliphatic carbocycles. The van der Waals surface area contributed by atoms with Crippen molar-refractivity contribution in [3.63, 3.8) is 0 Å². The molecule has 0 saturated heterocycles. The molecule has 1 aromatic carbocycles. The van der Waals surface area contributed by atoms with Gasteiger partial charge in [0.1, 0.15) is 5.82 Å². The summed E-state index contributed by atoms with van der Waals surface area (Å²) >= 11 is 0. The first-order valence-electron chi connectivity index (χ1n) is 6.91. The number of rotatable bonds is 6. The van der Waals surface area contributed by atoms with Gasteiger partial charge in [0.05, 0.1) is 23.5 Å². The molecule has 2 aromatic rings. The van der Waals surface area contributed by atoms with Crippen LogP contribution < -0.4 is 5.73 Å². The molecule has 1 aromatic heterocycles. The SMILES string of the molecule is CC(C)CC(N)c1nc2ccccc2n1CCC(=O)O. The summed E-state index contributed by atoms with van der Waals surface area (Å²) in [6.45, 7) is 4.63. The normalized spacial score (nSPS) is 13.0. The van der Waals surface area contributed by atoms with Gasteiger partial charge in [0, 0.05) is 6.54 Å². The van der Waals surface area contributed by atoms with Gasteiger partial charge in [-0.05, 0) is 24.5 Å². The van der Waals surface area contributed by atoms with E-state index in [1.807, 2.05) is 28.8 Å². The van der Waals surface area contributed by atoms with E-state index in [-0.39, 0.29) is 12.5 Å². The first-order chi connectivity index (χ1) is 9.49. The monoisotopic (exact) mass is 275 g/mol. The van der Waals surface area contributed by atoms with Gasteiger partial charge >= 0.3 is 5.97 Å². The Morgan fingerprint density at radius 3 is 2.75 bits per heavy atom. The quantitative estimate of drug-likeness (QED) is 0.849. The van der Waals surface area contributed by atoms with Crippen molar-refractivity contribution in [1.29, 1.82) is 0 Å². The lowest BCUT2D eigenvalue weighted by Crippen LogP contribution is -2.19. The standard InChI is InChI=1S/C15H21N3O2/c1-10(2)9-11(16)15-17-12-5-3-4-6-13(12)18(15)8-7-14(19)20/h3-6,10-11H,7-9,16H2,1-2H3,(H,19,20). The number of carbonyl (C=O) groups is 1. The van der Waals surface area contributed by atoms with Gasteiger partial charge in [0.15, 0.2) is 0 Å². The number of aliphatic carboxylic acids is 1. The predicted octanol–water partition coefficient (Wildman–Crippen LogP) is 2.56. The van der Waals surface area contributed by atoms with Gasteiger partial charge in [0.2, 0.25) is 0 Å². The first kappa shape index (κ1) is 14.5. The molecule has 2 rings (SSSR count). The summed E-state index contributed by atoms with van der Waals surface area (Å²) < 4.78 is 1.94. The van der Waals surface area contributed by atoms with Crippen LogP contribution in [0.4, 0.5) is 0 Å². The Labute approximate surface area is 118 Å². The van der Waals surface area contributed by atoms with Crippen molar-refractivity contribution in [3.8, 4) is 0 Å². The van der Waals surface area contributed by atoms with Crippen LogP contribution in [0.1, 0.15) is 38.6 Å². The maximum absolute atomic E-state index is 10.8. The molecule has 0 bridgehead atoms. The molecule has 3 N–H and O–H groups in total. The fourth-order valence-corrected chi connectivity index (χ4v) is 2.43. The molecule has 0 aliphatic rings. The molecule has 1 unspecified atom stereocenters. The van der Waals surface area contributed by atoms with Crippen molar-refractivity contribution >= 4 is 17.0 Å². The molecule has 1 atom stereocenters. The molecule has 0 amide bonds. The molecule has 0 radical (unpaired) electrons. The van der Waals surface area contributed by atoms with E-state index in [1.165, 1.54) is 0 Å². The minimum atomic E-state index is -0.814. The van der Waals surface area contributed by atoms with Crippen molar-refractivity contribution in [2.24, 2.45) is 11.7 Å². The van der Waals surface area contributed by atoms with Crippen molar-refractivity contribution in [1.82, 2.24) is 9.55 Å². The van der Waals surface area contributed by atoms with Gasteiger partial charge < -0.3 is 15.4 Å². The highest BCUT2D eigenvalue weighted by Gasteiger charge is 2.18. The maximum Gasteiger partial charge on any atom is 0.305 e. The molecule has 0 fully saturated rings. The van der Waals surface area contributed by atoms with E-state index < -0.39 is 5.97 Å². The van der Waals surface area contributed by atoms with Crippen LogP contribution in [0.3, 0.4) is 0 Å². The van der Waals surface area contributed by atoms with E-state index >= 15 is 0 Å². The number of nitrogens with two attached hydrogens (primary N) is 1. The molecule has 20 heavy (non-hydrogen) atoms. The third-order valence-corrected chi connectivity index (χ3v) is 3.29. The van der Waals surface area contributed by atoms with Crippen LogP contribution in [0.15, 0.2) is 24.3 Å². The van der Waals surface area contributed by atoms with Crippen LogP contribution in [0, 0.1) is 5.92 Å². The lowest BCUT2D eigenvalue weighted by Gasteiger charge is -2.16. The smallest absolute Gasteiger partial charge is 0.305 e. The highest BCUT2D eigenvalue weighted by Crippen LogP contribution is 2.23. The highest BCUT2D eigenvalue weighted by molar-refractivity contribution is 5.76. The number of nitrogens with zero attached hydrogens (tertiary/aromatic N) is 2. The van der Waals surface area contributed by atoms with E-state index in [2.05, 4.69) is 18.8 Å². The summed E-state index contributed by atoms with van der Waals surface area (Å²) in [7, 11) is 0. The van der Waals surface area contributed by atoms with Crippen LogP contribution in [0.2, 0.25) is 0 Å². The number of para-hydroxylation sites is 2. The summed E-state index contributed by atoms with van der Waals surface area (Å²) in [5, 5.41) is 8.89. The molecule has 108 valence electrons. The summed E-state index contributed by atoms with van der Waals surface area (Å²) in [5.74, 6) is 0.435. The molecule has 1 heterocycles. The number of hydrogen-bond acceptors (Lipinski definition) is 3. The van der Waals surface area contributed by atoms with Crippen LogP contribution in [0.5, 0.6) is 0 Å². The topological polar surface area (TPSA) is 81.1 Å². The van der Waals surface area contributed by atoms with Crippen molar-refractivity contribution < 1.29 is 9.90 Å². The number of hydrogen-bond donors (Lipinski definition) is 2. The zero-order valence-electron chi connectivity index (χ0n) is 11.9. The Bertz CT molecular complexity index is 604. The second-order valence-corrected chi connectivity index (χ2v) is 5.49. The summed E-state index contributed by atoms with van der Waals surface area (Å²) in [4.78, 5) is 15.4. The van der Waals surface area contributed by atoms with E-state index in [4.69, 9.17) is 10.8 Å². The average Bonchev–Trinajstić information content (AvgIpc) is 2.74. The Kier molecular flexibility index (Phi) is 4.39. The zero-order chi connectivity index (χ0) is 14.7. The predicted molar refractivity (Wildman–Crippen MR) is 78.4 cm³/mol. The highest BCUT2D eigenvalue weighted by atomic mass is 16.4. The van der Waals surface area contributed by atoms with Crippen molar-refractivity contribution in [2.75, 3.05) is 0 Å². The third kappa shape index (κ3) is 3.17. The van der Waals surface area contributed by atoms with Crippen molar-refractivity contribution in [2.45, 2.75) is 39.3 Å². The summed E-state index contributed by atoms with van der Waals surface area (Å²) in [6, 6.07) is 7.57. The first-order valence-corrected chi connectivity index (χ1v) is 6.91. The fraction of sp³-hybridized carbons (Fsp3) is 0.467. The molecule has 0 aliphatic heterocycles. The molecular formula is C15H21N3O2. The van der Waals surface area contributed by atoms with E-state index in [0.717, 1.165) is 23.3 Å². The largest absolute Gasteiger partial charge is 0.481 e. The molecule has 0 spiro atoms. The van der Waals surface area contributed by atoms with Crippen molar-refractivity contribution in [3.05, 3.63) is 30.1 Å². The minimum absolute atomic E-state index is 0.0712. The number of benzene rings is 1. The molecule has 5 nitrogen and oxygen atoms in total. The van der Waals surface area contributed by atoms with Crippen LogP contribution >= 0.6 is 0 Å². The number of imidazole rings is 1. The van der Waals surface area contributed by atoms with Gasteiger partial charge in [-0.15, -0.1) is 0 Å². The maximum atomic E-state index is 10.8. The Hall–Kier alpha value is -1.88. The Morgan fingerprint density at radius 1 is 1.40 bits per heavy atom. The summed E-state index contributed by atoms with van der Waals surface area (Å²) in [6.07, 6.45) is 0.901. The molecule has 5 heteroatoms. The van der Waals surface area contributed by atoms with Crippen LogP contribution in [-0.4, -0.2) is 20.6 Å². The van der Waals surface area contributed by atoms with Crippen LogP contribution in [0.25, 0.3) is 11.0 Å². The Balaban J connectivity index is 2.40. The number of carboxylic acids is 1. The zero-order valence-corrected chi connectivity index (χ0v) is 11.9. The van der Waals surface area contributed by atoms with Gasteiger partial charge in [0.25, 0.3) is 0 Å². The number of aryl methyl sites for hydroxylation is 1. The van der Waals surface area contributed by atoms with E-state index in [9.17, 15) is 4.79 Å². The summed E-state index contributed by atoms with van der Waals surface area (Å²) in [5.41, 5.74) is 8.05. The lowest BCUT2D eigenvalue weighted by molar-refractivity contribution is -0.137. The van der Waals surface area contributed by atoms with E-state index in [0.29, 0.717) is 12.5 Å². The molecular weight excluding hydrogens is 254 g/mol. The minimum Gasteiger partial charge on any atom is -0.481 e. The average molecular weight is 275 g/mol. The Morgan fingerprint density at radius 2 is 2.10 bits per heavy atom. The fourth-order valence-electron chi connectivity index (χ4n) is 2.43. The second kappa shape index (κ2) is 6.05. The lowest BCUT2D eigenvalue weighted by atomic mass is 10.0. The van der Waals surface area contributed by atoms with Gasteiger partial charge in [-0.1, -0.05) is 26.0 Å². The van der Waals surface area contributed by atoms with Gasteiger partial charge in [-0.2, -0.15) is 0 Å².